The van der Waals surface area contributed by atoms with Gasteiger partial charge >= 0.3 is 0 Å². The first-order valence-electron chi connectivity index (χ1n) is 36.6. The van der Waals surface area contributed by atoms with Crippen LogP contribution in [-0.2, 0) is 23.7 Å². The predicted molar refractivity (Wildman–Crippen MR) is 373 cm³/mol. The molecule has 0 radical (unpaired) electrons. The fourth-order valence-corrected chi connectivity index (χ4v) is 11.5. The Labute approximate surface area is 553 Å². The zero-order valence-electron chi connectivity index (χ0n) is 57.1. The van der Waals surface area contributed by atoms with Gasteiger partial charge in [-0.2, -0.15) is 0 Å². The van der Waals surface area contributed by atoms with Crippen molar-refractivity contribution in [1.82, 2.24) is 5.32 Å². The standard InChI is InChI=1S/C77H133NO13/c1-3-5-7-9-11-13-15-17-19-21-23-24-25-26-27-28-29-30-31-32-33-34-35-36-37-38-39-40-41-42-43-45-47-49-51-53-55-57-59-61-69(82)78-65(66(81)60-58-56-54-52-50-48-46-44-22-20-18-16-14-12-10-8-6-4-2)64-88-76-74(87)72(85)75(68(63-80)90-76)91-77-73(86)71(84)70(83)67(62-79)89-77/h5,7,11,13,17,19,23-24,26-27,29-30,32-33,35-36,38-39,65-68,70-77,79-81,83-87H,3-4,6,8-10,12,14-16,18,20-22,25,28,31,34,37,40-64H2,1-2H3,(H,78,82)/b7-5-,13-11-,19-17-,24-23-,27-26-,30-29-,33-32-,36-35-,39-38-. The summed E-state index contributed by atoms with van der Waals surface area (Å²) < 4.78 is 22.9. The molecule has 0 aromatic carbocycles. The number of hydrogen-bond acceptors (Lipinski definition) is 13. The van der Waals surface area contributed by atoms with Gasteiger partial charge in [-0.3, -0.25) is 4.79 Å². The number of carbonyl (C=O) groups is 1. The van der Waals surface area contributed by atoms with Gasteiger partial charge in [0.15, 0.2) is 12.6 Å². The van der Waals surface area contributed by atoms with E-state index in [9.17, 15) is 45.6 Å². The average molecular weight is 1280 g/mol. The minimum absolute atomic E-state index is 0.212. The summed E-state index contributed by atoms with van der Waals surface area (Å²) in [5.74, 6) is -0.212. The number of unbranched alkanes of at least 4 members (excludes halogenated alkanes) is 28. The third kappa shape index (κ3) is 44.1. The summed E-state index contributed by atoms with van der Waals surface area (Å²) in [5.41, 5.74) is 0. The second kappa shape index (κ2) is 60.3. The lowest BCUT2D eigenvalue weighted by atomic mass is 9.97. The van der Waals surface area contributed by atoms with Gasteiger partial charge in [-0.15, -0.1) is 0 Å². The predicted octanol–water partition coefficient (Wildman–Crippen LogP) is 15.5. The zero-order chi connectivity index (χ0) is 65.9. The van der Waals surface area contributed by atoms with Gasteiger partial charge in [-0.25, -0.2) is 0 Å². The summed E-state index contributed by atoms with van der Waals surface area (Å²) in [6, 6.07) is -0.838. The second-order valence-corrected chi connectivity index (χ2v) is 25.3. The molecule has 91 heavy (non-hydrogen) atoms. The van der Waals surface area contributed by atoms with Crippen LogP contribution in [0.2, 0.25) is 0 Å². The van der Waals surface area contributed by atoms with E-state index < -0.39 is 86.8 Å². The molecule has 0 aliphatic carbocycles. The maximum Gasteiger partial charge on any atom is 0.220 e. The van der Waals surface area contributed by atoms with Crippen molar-refractivity contribution in [1.29, 1.82) is 0 Å². The topological polar surface area (TPSA) is 228 Å². The molecular weight excluding hydrogens is 1150 g/mol. The van der Waals surface area contributed by atoms with Crippen molar-refractivity contribution in [2.24, 2.45) is 0 Å². The summed E-state index contributed by atoms with van der Waals surface area (Å²) >= 11 is 0. The molecule has 2 rings (SSSR count). The Morgan fingerprint density at radius 1 is 0.407 bits per heavy atom. The lowest BCUT2D eigenvalue weighted by Crippen LogP contribution is -2.65. The van der Waals surface area contributed by atoms with Crippen LogP contribution in [0.3, 0.4) is 0 Å². The van der Waals surface area contributed by atoms with E-state index in [4.69, 9.17) is 18.9 Å². The van der Waals surface area contributed by atoms with E-state index in [0.717, 1.165) is 109 Å². The van der Waals surface area contributed by atoms with E-state index in [1.807, 2.05) is 0 Å². The Bertz CT molecular complexity index is 1950. The Morgan fingerprint density at radius 2 is 0.758 bits per heavy atom. The van der Waals surface area contributed by atoms with Gasteiger partial charge in [0.25, 0.3) is 0 Å². The SMILES string of the molecule is CC/C=C\C/C=C\C/C=C\C/C=C\C/C=C\C/C=C\C/C=C\C/C=C\C/C=C\CCCCCCCCCCCCCC(=O)NC(COC1OC(CO)C(OC2OC(CO)C(O)C(O)C2O)C(O)C1O)C(O)CCCCCCCCCCCCCCCCCCCC. The summed E-state index contributed by atoms with van der Waals surface area (Å²) in [5, 5.41) is 87.6. The van der Waals surface area contributed by atoms with Crippen LogP contribution in [0.4, 0.5) is 0 Å². The fourth-order valence-electron chi connectivity index (χ4n) is 11.5. The highest BCUT2D eigenvalue weighted by Gasteiger charge is 2.51. The summed E-state index contributed by atoms with van der Waals surface area (Å²) in [6.07, 6.45) is 69.6. The van der Waals surface area contributed by atoms with Crippen molar-refractivity contribution in [3.8, 4) is 0 Å². The van der Waals surface area contributed by atoms with Crippen LogP contribution >= 0.6 is 0 Å². The molecule has 0 saturated carbocycles. The molecule has 0 bridgehead atoms. The zero-order valence-corrected chi connectivity index (χ0v) is 57.1. The van der Waals surface area contributed by atoms with Crippen molar-refractivity contribution in [3.63, 3.8) is 0 Å². The van der Waals surface area contributed by atoms with E-state index >= 15 is 0 Å². The Morgan fingerprint density at radius 3 is 1.16 bits per heavy atom. The molecule has 2 aliphatic heterocycles. The molecule has 2 saturated heterocycles. The molecule has 12 atom stereocenters. The third-order valence-corrected chi connectivity index (χ3v) is 17.3. The molecule has 14 nitrogen and oxygen atoms in total. The van der Waals surface area contributed by atoms with E-state index in [1.165, 1.54) is 135 Å². The molecule has 2 aliphatic rings. The highest BCUT2D eigenvalue weighted by atomic mass is 16.7. The number of rotatable bonds is 59. The molecule has 0 aromatic rings. The maximum atomic E-state index is 13.4. The minimum atomic E-state index is -1.79. The lowest BCUT2D eigenvalue weighted by Gasteiger charge is -2.46. The van der Waals surface area contributed by atoms with E-state index in [2.05, 4.69) is 129 Å². The number of nitrogens with one attached hydrogen (secondary N) is 1. The number of ether oxygens (including phenoxy) is 4. The Kier molecular flexibility index (Phi) is 55.5. The number of amides is 1. The lowest BCUT2D eigenvalue weighted by molar-refractivity contribution is -0.359. The van der Waals surface area contributed by atoms with E-state index in [1.54, 1.807) is 0 Å². The Hall–Kier alpha value is -3.35. The largest absolute Gasteiger partial charge is 0.394 e. The molecule has 9 N–H and O–H groups in total. The monoisotopic (exact) mass is 1280 g/mol. The molecule has 0 aromatic heterocycles. The highest BCUT2D eigenvalue weighted by Crippen LogP contribution is 2.30. The number of hydrogen-bond donors (Lipinski definition) is 9. The van der Waals surface area contributed by atoms with Gasteiger partial charge in [0.2, 0.25) is 5.91 Å². The van der Waals surface area contributed by atoms with Gasteiger partial charge in [-0.1, -0.05) is 297 Å². The normalized spacial score (nSPS) is 23.5. The van der Waals surface area contributed by atoms with Gasteiger partial charge in [0.05, 0.1) is 32.0 Å². The van der Waals surface area contributed by atoms with Crippen molar-refractivity contribution in [3.05, 3.63) is 109 Å². The quantitative estimate of drug-likeness (QED) is 0.0204. The molecule has 1 amide bonds. The van der Waals surface area contributed by atoms with Crippen molar-refractivity contribution >= 4 is 5.91 Å². The van der Waals surface area contributed by atoms with Crippen LogP contribution in [0.5, 0.6) is 0 Å². The summed E-state index contributed by atoms with van der Waals surface area (Å²) in [4.78, 5) is 13.4. The third-order valence-electron chi connectivity index (χ3n) is 17.3. The van der Waals surface area contributed by atoms with Crippen LogP contribution in [0.15, 0.2) is 109 Å². The van der Waals surface area contributed by atoms with Crippen LogP contribution in [0, 0.1) is 0 Å². The average Bonchev–Trinajstić information content (AvgIpc) is 1.19. The van der Waals surface area contributed by atoms with Gasteiger partial charge < -0.3 is 65.1 Å². The van der Waals surface area contributed by atoms with E-state index in [0.29, 0.717) is 19.3 Å². The fraction of sp³-hybridized carbons (Fsp3) is 0.753. The van der Waals surface area contributed by atoms with Crippen LogP contribution < -0.4 is 5.32 Å². The number of aliphatic hydroxyl groups is 8. The van der Waals surface area contributed by atoms with Crippen LogP contribution in [-0.4, -0.2) is 140 Å². The Balaban J connectivity index is 1.62. The van der Waals surface area contributed by atoms with Gasteiger partial charge in [-0.05, 0) is 83.5 Å². The first kappa shape index (κ1) is 83.7. The first-order valence-corrected chi connectivity index (χ1v) is 36.6. The van der Waals surface area contributed by atoms with Gasteiger partial charge in [0, 0.05) is 6.42 Å². The van der Waals surface area contributed by atoms with Gasteiger partial charge in [0.1, 0.15) is 48.8 Å². The molecule has 2 fully saturated rings. The number of aliphatic hydroxyl groups excluding tert-OH is 8. The summed E-state index contributed by atoms with van der Waals surface area (Å²) in [6.45, 7) is 2.76. The van der Waals surface area contributed by atoms with Crippen LogP contribution in [0.1, 0.15) is 277 Å². The molecule has 14 heteroatoms. The molecule has 2 heterocycles. The number of carbonyl (C=O) groups excluding carboxylic acids is 1. The molecule has 524 valence electrons. The van der Waals surface area contributed by atoms with Crippen molar-refractivity contribution in [2.45, 2.75) is 351 Å². The highest BCUT2D eigenvalue weighted by molar-refractivity contribution is 5.76. The van der Waals surface area contributed by atoms with Crippen molar-refractivity contribution < 1.29 is 64.6 Å². The van der Waals surface area contributed by atoms with E-state index in [-0.39, 0.29) is 12.5 Å². The smallest absolute Gasteiger partial charge is 0.220 e. The van der Waals surface area contributed by atoms with Crippen molar-refractivity contribution in [2.75, 3.05) is 19.8 Å². The first-order chi connectivity index (χ1) is 44.6. The maximum absolute atomic E-state index is 13.4. The second-order valence-electron chi connectivity index (χ2n) is 25.3. The molecule has 0 spiro atoms. The number of allylic oxidation sites excluding steroid dienone is 18. The van der Waals surface area contributed by atoms with Crippen LogP contribution in [0.25, 0.3) is 0 Å². The minimum Gasteiger partial charge on any atom is -0.394 e. The molecular formula is C77H133NO13. The summed E-state index contributed by atoms with van der Waals surface area (Å²) in [7, 11) is 0. The molecule has 12 unspecified atom stereocenters.